The molecular formula is C20H30N4O6. The molecule has 10 heteroatoms. The molecule has 4 N–H and O–H groups in total. The lowest BCUT2D eigenvalue weighted by Crippen LogP contribution is -2.44. The predicted octanol–water partition coefficient (Wildman–Crippen LogP) is 0.0765. The van der Waals surface area contributed by atoms with Crippen molar-refractivity contribution in [1.82, 2.24) is 21.3 Å². The summed E-state index contributed by atoms with van der Waals surface area (Å²) in [7, 11) is 0. The SMILES string of the molecule is CC(C)(C)OC(=O)NCC(=O)NCC(=O)NCCNCC(=O)OCc1ccccc1. The molecule has 0 saturated heterocycles. The number of amides is 3. The van der Waals surface area contributed by atoms with E-state index in [9.17, 15) is 19.2 Å². The fraction of sp³-hybridized carbons (Fsp3) is 0.500. The van der Waals surface area contributed by atoms with E-state index in [-0.39, 0.29) is 32.8 Å². The maximum atomic E-state index is 11.7. The van der Waals surface area contributed by atoms with Gasteiger partial charge in [-0.3, -0.25) is 14.4 Å². The van der Waals surface area contributed by atoms with Crippen LogP contribution in [0.1, 0.15) is 26.3 Å². The number of alkyl carbamates (subject to hydrolysis) is 1. The first-order valence-corrected chi connectivity index (χ1v) is 9.56. The average Bonchev–Trinajstić information content (AvgIpc) is 2.68. The third-order valence-corrected chi connectivity index (χ3v) is 3.37. The van der Waals surface area contributed by atoms with Gasteiger partial charge in [0, 0.05) is 13.1 Å². The van der Waals surface area contributed by atoms with Crippen LogP contribution in [0.15, 0.2) is 30.3 Å². The summed E-state index contributed by atoms with van der Waals surface area (Å²) in [6.45, 7) is 5.47. The summed E-state index contributed by atoms with van der Waals surface area (Å²) in [4.78, 5) is 46.3. The van der Waals surface area contributed by atoms with Crippen LogP contribution in [0.25, 0.3) is 0 Å². The van der Waals surface area contributed by atoms with Crippen molar-refractivity contribution in [2.75, 3.05) is 32.7 Å². The number of benzene rings is 1. The highest BCUT2D eigenvalue weighted by Crippen LogP contribution is 2.06. The van der Waals surface area contributed by atoms with Crippen LogP contribution in [0, 0.1) is 0 Å². The van der Waals surface area contributed by atoms with Crippen molar-refractivity contribution >= 4 is 23.9 Å². The standard InChI is InChI=1S/C20H30N4O6/c1-20(2,3)30-19(28)24-12-17(26)23-11-16(25)22-10-9-21-13-18(27)29-14-15-7-5-4-6-8-15/h4-8,21H,9-14H2,1-3H3,(H,22,25)(H,23,26)(H,24,28). The molecule has 1 aromatic carbocycles. The van der Waals surface area contributed by atoms with E-state index in [0.717, 1.165) is 5.56 Å². The van der Waals surface area contributed by atoms with E-state index in [1.165, 1.54) is 0 Å². The maximum absolute atomic E-state index is 11.7. The first-order chi connectivity index (χ1) is 14.2. The van der Waals surface area contributed by atoms with Gasteiger partial charge in [-0.05, 0) is 26.3 Å². The molecule has 0 aliphatic rings. The molecular weight excluding hydrogens is 392 g/mol. The Balaban J connectivity index is 2.03. The number of hydrogen-bond acceptors (Lipinski definition) is 7. The summed E-state index contributed by atoms with van der Waals surface area (Å²) in [5.74, 6) is -1.31. The largest absolute Gasteiger partial charge is 0.460 e. The highest BCUT2D eigenvalue weighted by atomic mass is 16.6. The van der Waals surface area contributed by atoms with Crippen molar-refractivity contribution in [1.29, 1.82) is 0 Å². The lowest BCUT2D eigenvalue weighted by atomic mass is 10.2. The predicted molar refractivity (Wildman–Crippen MR) is 109 cm³/mol. The second-order valence-corrected chi connectivity index (χ2v) is 7.31. The monoisotopic (exact) mass is 422 g/mol. The summed E-state index contributed by atoms with van der Waals surface area (Å²) >= 11 is 0. The zero-order chi connectivity index (χ0) is 22.4. The van der Waals surface area contributed by atoms with Gasteiger partial charge in [0.15, 0.2) is 0 Å². The molecule has 166 valence electrons. The number of esters is 1. The fourth-order valence-corrected chi connectivity index (χ4v) is 2.04. The van der Waals surface area contributed by atoms with Crippen molar-refractivity contribution < 1.29 is 28.7 Å². The van der Waals surface area contributed by atoms with E-state index in [0.29, 0.717) is 6.54 Å². The summed E-state index contributed by atoms with van der Waals surface area (Å²) in [5, 5.41) is 10.1. The Kier molecular flexibility index (Phi) is 10.9. The van der Waals surface area contributed by atoms with Gasteiger partial charge < -0.3 is 30.7 Å². The van der Waals surface area contributed by atoms with E-state index >= 15 is 0 Å². The Morgan fingerprint density at radius 3 is 2.13 bits per heavy atom. The lowest BCUT2D eigenvalue weighted by molar-refractivity contribution is -0.143. The van der Waals surface area contributed by atoms with E-state index in [4.69, 9.17) is 9.47 Å². The minimum absolute atomic E-state index is 0.0236. The second-order valence-electron chi connectivity index (χ2n) is 7.31. The molecule has 10 nitrogen and oxygen atoms in total. The molecule has 1 aromatic rings. The highest BCUT2D eigenvalue weighted by Gasteiger charge is 2.16. The van der Waals surface area contributed by atoms with Crippen molar-refractivity contribution in [3.05, 3.63) is 35.9 Å². The molecule has 0 aliphatic heterocycles. The van der Waals surface area contributed by atoms with Crippen LogP contribution in [0.3, 0.4) is 0 Å². The minimum Gasteiger partial charge on any atom is -0.460 e. The van der Waals surface area contributed by atoms with Gasteiger partial charge in [-0.25, -0.2) is 4.79 Å². The fourth-order valence-electron chi connectivity index (χ4n) is 2.04. The molecule has 30 heavy (non-hydrogen) atoms. The number of carbonyl (C=O) groups is 4. The number of carbonyl (C=O) groups excluding carboxylic acids is 4. The van der Waals surface area contributed by atoms with E-state index < -0.39 is 29.5 Å². The van der Waals surface area contributed by atoms with Gasteiger partial charge in [0.25, 0.3) is 0 Å². The second kappa shape index (κ2) is 13.2. The molecule has 0 aromatic heterocycles. The molecule has 0 heterocycles. The van der Waals surface area contributed by atoms with Crippen LogP contribution in [0.4, 0.5) is 4.79 Å². The molecule has 0 spiro atoms. The highest BCUT2D eigenvalue weighted by molar-refractivity contribution is 5.87. The summed E-state index contributed by atoms with van der Waals surface area (Å²) < 4.78 is 10.1. The molecule has 0 aliphatic carbocycles. The molecule has 0 radical (unpaired) electrons. The molecule has 3 amide bonds. The van der Waals surface area contributed by atoms with E-state index in [1.807, 2.05) is 30.3 Å². The first kappa shape index (κ1) is 24.9. The third-order valence-electron chi connectivity index (χ3n) is 3.37. The van der Waals surface area contributed by atoms with Crippen LogP contribution in [-0.4, -0.2) is 62.2 Å². The maximum Gasteiger partial charge on any atom is 0.408 e. The smallest absolute Gasteiger partial charge is 0.408 e. The summed E-state index contributed by atoms with van der Waals surface area (Å²) in [6.07, 6.45) is -0.713. The zero-order valence-electron chi connectivity index (χ0n) is 17.6. The minimum atomic E-state index is -0.713. The zero-order valence-corrected chi connectivity index (χ0v) is 17.6. The Labute approximate surface area is 176 Å². The van der Waals surface area contributed by atoms with E-state index in [1.54, 1.807) is 20.8 Å². The van der Waals surface area contributed by atoms with Gasteiger partial charge >= 0.3 is 12.1 Å². The Hall–Kier alpha value is -3.14. The molecule has 0 atom stereocenters. The van der Waals surface area contributed by atoms with Gasteiger partial charge in [-0.2, -0.15) is 0 Å². The van der Waals surface area contributed by atoms with Gasteiger partial charge in [0.05, 0.1) is 13.1 Å². The van der Waals surface area contributed by atoms with Crippen molar-refractivity contribution in [3.8, 4) is 0 Å². The summed E-state index contributed by atoms with van der Waals surface area (Å²) in [6, 6.07) is 9.34. The third kappa shape index (κ3) is 13.1. The topological polar surface area (TPSA) is 135 Å². The molecule has 0 bridgehead atoms. The van der Waals surface area contributed by atoms with Gasteiger partial charge in [-0.15, -0.1) is 0 Å². The molecule has 0 unspecified atom stereocenters. The Morgan fingerprint density at radius 2 is 1.47 bits per heavy atom. The van der Waals surface area contributed by atoms with Gasteiger partial charge in [-0.1, -0.05) is 30.3 Å². The first-order valence-electron chi connectivity index (χ1n) is 9.56. The normalized spacial score (nSPS) is 10.6. The number of nitrogens with one attached hydrogen (secondary N) is 4. The lowest BCUT2D eigenvalue weighted by Gasteiger charge is -2.19. The number of ether oxygens (including phenoxy) is 2. The molecule has 1 rings (SSSR count). The Morgan fingerprint density at radius 1 is 0.833 bits per heavy atom. The van der Waals surface area contributed by atoms with Crippen LogP contribution < -0.4 is 21.3 Å². The van der Waals surface area contributed by atoms with Crippen LogP contribution in [0.2, 0.25) is 0 Å². The van der Waals surface area contributed by atoms with Crippen molar-refractivity contribution in [2.45, 2.75) is 33.0 Å². The van der Waals surface area contributed by atoms with Gasteiger partial charge in [0.1, 0.15) is 18.8 Å². The van der Waals surface area contributed by atoms with Crippen LogP contribution in [0.5, 0.6) is 0 Å². The molecule has 0 saturated carbocycles. The Bertz CT molecular complexity index is 703. The average molecular weight is 422 g/mol. The number of rotatable bonds is 11. The van der Waals surface area contributed by atoms with Crippen molar-refractivity contribution in [2.24, 2.45) is 0 Å². The quantitative estimate of drug-likeness (QED) is 0.293. The van der Waals surface area contributed by atoms with Crippen LogP contribution >= 0.6 is 0 Å². The van der Waals surface area contributed by atoms with Crippen molar-refractivity contribution in [3.63, 3.8) is 0 Å². The van der Waals surface area contributed by atoms with Crippen LogP contribution in [-0.2, 0) is 30.5 Å². The van der Waals surface area contributed by atoms with Gasteiger partial charge in [0.2, 0.25) is 11.8 Å². The summed E-state index contributed by atoms with van der Waals surface area (Å²) in [5.41, 5.74) is 0.245. The number of hydrogen-bond donors (Lipinski definition) is 4. The molecule has 0 fully saturated rings. The van der Waals surface area contributed by atoms with E-state index in [2.05, 4.69) is 21.3 Å².